The lowest BCUT2D eigenvalue weighted by molar-refractivity contribution is -0.115. The Bertz CT molecular complexity index is 1090. The maximum atomic E-state index is 12.6. The Balaban J connectivity index is 1.41. The van der Waals surface area contributed by atoms with Crippen LogP contribution in [0.3, 0.4) is 0 Å². The van der Waals surface area contributed by atoms with Crippen molar-refractivity contribution >= 4 is 56.4 Å². The zero-order chi connectivity index (χ0) is 19.3. The largest absolute Gasteiger partial charge is 0.330 e. The molecule has 2 N–H and O–H groups in total. The van der Waals surface area contributed by atoms with E-state index < -0.39 is 0 Å². The molecule has 0 bridgehead atoms. The van der Waals surface area contributed by atoms with Crippen LogP contribution in [-0.4, -0.2) is 26.3 Å². The number of nitrogens with zero attached hydrogens (tertiary/aromatic N) is 3. The third kappa shape index (κ3) is 4.29. The second-order valence-corrected chi connectivity index (χ2v) is 8.55. The average molecular weight is 408 g/mol. The van der Waals surface area contributed by atoms with Crippen LogP contribution in [0, 0.1) is 0 Å². The molecule has 1 amide bonds. The molecule has 0 aliphatic carbocycles. The summed E-state index contributed by atoms with van der Waals surface area (Å²) in [5.74, 6) is -0.0888. The van der Waals surface area contributed by atoms with E-state index in [9.17, 15) is 4.79 Å². The fraction of sp³-hybridized carbons (Fsp3) is 0.100. The van der Waals surface area contributed by atoms with Crippen LogP contribution in [0.25, 0.3) is 10.9 Å². The third-order valence-electron chi connectivity index (χ3n) is 3.98. The van der Waals surface area contributed by atoms with Crippen molar-refractivity contribution in [2.45, 2.75) is 16.5 Å². The molecule has 0 fully saturated rings. The number of fused-ring (bicyclic) bond motifs is 1. The summed E-state index contributed by atoms with van der Waals surface area (Å²) >= 11 is 2.81. The van der Waals surface area contributed by atoms with Crippen LogP contribution in [0.5, 0.6) is 0 Å². The average Bonchev–Trinajstić information content (AvgIpc) is 3.15. The molecular weight excluding hydrogens is 390 g/mol. The first kappa shape index (κ1) is 18.4. The van der Waals surface area contributed by atoms with Gasteiger partial charge in [0, 0.05) is 17.3 Å². The van der Waals surface area contributed by atoms with E-state index >= 15 is 0 Å². The van der Waals surface area contributed by atoms with Crippen LogP contribution >= 0.6 is 23.1 Å². The molecule has 0 aliphatic heterocycles. The van der Waals surface area contributed by atoms with Gasteiger partial charge in [0.05, 0.1) is 16.5 Å². The molecule has 1 atom stereocenters. The molecule has 28 heavy (non-hydrogen) atoms. The molecule has 0 saturated carbocycles. The Kier molecular flexibility index (Phi) is 5.50. The molecular formula is C20H17N5OS2. The van der Waals surface area contributed by atoms with Gasteiger partial charge in [-0.25, -0.2) is 0 Å². The van der Waals surface area contributed by atoms with Crippen molar-refractivity contribution in [1.29, 1.82) is 0 Å². The SMILES string of the molecule is CC(Sc1nnc(Nc2ccccc2)s1)C(=O)Nc1cccc2ncccc12. The summed E-state index contributed by atoms with van der Waals surface area (Å²) in [7, 11) is 0. The Morgan fingerprint density at radius 3 is 2.75 bits per heavy atom. The van der Waals surface area contributed by atoms with Crippen molar-refractivity contribution in [3.05, 3.63) is 66.9 Å². The van der Waals surface area contributed by atoms with Gasteiger partial charge in [0.15, 0.2) is 4.34 Å². The van der Waals surface area contributed by atoms with Gasteiger partial charge in [0.2, 0.25) is 11.0 Å². The predicted molar refractivity (Wildman–Crippen MR) is 115 cm³/mol. The number of anilines is 3. The van der Waals surface area contributed by atoms with Crippen molar-refractivity contribution < 1.29 is 4.79 Å². The minimum atomic E-state index is -0.315. The molecule has 0 spiro atoms. The molecule has 4 rings (SSSR count). The summed E-state index contributed by atoms with van der Waals surface area (Å²) in [4.78, 5) is 17.0. The van der Waals surface area contributed by atoms with E-state index in [1.165, 1.54) is 23.1 Å². The number of thioether (sulfide) groups is 1. The number of amides is 1. The lowest BCUT2D eigenvalue weighted by Gasteiger charge is -2.12. The molecule has 0 radical (unpaired) electrons. The number of pyridine rings is 1. The van der Waals surface area contributed by atoms with Crippen LogP contribution in [0.15, 0.2) is 71.2 Å². The molecule has 8 heteroatoms. The van der Waals surface area contributed by atoms with Crippen molar-refractivity contribution in [3.63, 3.8) is 0 Å². The number of carbonyl (C=O) groups excluding carboxylic acids is 1. The highest BCUT2D eigenvalue weighted by Crippen LogP contribution is 2.31. The molecule has 2 aromatic heterocycles. The number of aromatic nitrogens is 3. The number of benzene rings is 2. The van der Waals surface area contributed by atoms with Crippen LogP contribution in [-0.2, 0) is 4.79 Å². The zero-order valence-electron chi connectivity index (χ0n) is 15.0. The standard InChI is InChI=1S/C20H17N5OS2/c1-13(18(26)23-17-11-5-10-16-15(17)9-6-12-21-16)27-20-25-24-19(28-20)22-14-7-3-2-4-8-14/h2-13H,1H3,(H,22,24)(H,23,26). The third-order valence-corrected chi connectivity index (χ3v) is 6.00. The van der Waals surface area contributed by atoms with Gasteiger partial charge in [-0.2, -0.15) is 0 Å². The Labute approximate surface area is 170 Å². The fourth-order valence-electron chi connectivity index (χ4n) is 2.60. The maximum absolute atomic E-state index is 12.6. The molecule has 2 heterocycles. The van der Waals surface area contributed by atoms with Gasteiger partial charge in [-0.05, 0) is 43.3 Å². The quantitative estimate of drug-likeness (QED) is 0.440. The molecule has 2 aromatic carbocycles. The van der Waals surface area contributed by atoms with Gasteiger partial charge in [-0.1, -0.05) is 47.4 Å². The lowest BCUT2D eigenvalue weighted by Crippen LogP contribution is -2.22. The molecule has 140 valence electrons. The Morgan fingerprint density at radius 2 is 1.89 bits per heavy atom. The molecule has 6 nitrogen and oxygen atoms in total. The highest BCUT2D eigenvalue weighted by Gasteiger charge is 2.18. The number of para-hydroxylation sites is 1. The van der Waals surface area contributed by atoms with E-state index in [1.807, 2.05) is 67.6 Å². The number of hydrogen-bond donors (Lipinski definition) is 2. The second kappa shape index (κ2) is 8.37. The summed E-state index contributed by atoms with van der Waals surface area (Å²) in [6, 6.07) is 19.3. The van der Waals surface area contributed by atoms with Crippen LogP contribution in [0.2, 0.25) is 0 Å². The molecule has 4 aromatic rings. The lowest BCUT2D eigenvalue weighted by atomic mass is 10.2. The van der Waals surface area contributed by atoms with E-state index in [-0.39, 0.29) is 11.2 Å². The number of nitrogens with one attached hydrogen (secondary N) is 2. The van der Waals surface area contributed by atoms with Gasteiger partial charge >= 0.3 is 0 Å². The van der Waals surface area contributed by atoms with Gasteiger partial charge in [-0.15, -0.1) is 10.2 Å². The second-order valence-electron chi connectivity index (χ2n) is 5.99. The summed E-state index contributed by atoms with van der Waals surface area (Å²) in [6.07, 6.45) is 1.74. The van der Waals surface area contributed by atoms with E-state index in [0.29, 0.717) is 5.13 Å². The van der Waals surface area contributed by atoms with Crippen molar-refractivity contribution in [3.8, 4) is 0 Å². The molecule has 0 aliphatic rings. The minimum absolute atomic E-state index is 0.0888. The smallest absolute Gasteiger partial charge is 0.237 e. The van der Waals surface area contributed by atoms with Crippen molar-refractivity contribution in [1.82, 2.24) is 15.2 Å². The van der Waals surface area contributed by atoms with Crippen molar-refractivity contribution in [2.24, 2.45) is 0 Å². The summed E-state index contributed by atoms with van der Waals surface area (Å²) < 4.78 is 0.737. The van der Waals surface area contributed by atoms with Gasteiger partial charge in [-0.3, -0.25) is 9.78 Å². The van der Waals surface area contributed by atoms with Crippen LogP contribution < -0.4 is 10.6 Å². The molecule has 0 saturated heterocycles. The zero-order valence-corrected chi connectivity index (χ0v) is 16.6. The number of rotatable bonds is 6. The summed E-state index contributed by atoms with van der Waals surface area (Å²) in [6.45, 7) is 1.86. The summed E-state index contributed by atoms with van der Waals surface area (Å²) in [5.41, 5.74) is 2.55. The Hall–Kier alpha value is -2.97. The summed E-state index contributed by atoms with van der Waals surface area (Å²) in [5, 5.41) is 15.8. The van der Waals surface area contributed by atoms with E-state index in [2.05, 4.69) is 25.8 Å². The monoisotopic (exact) mass is 407 g/mol. The normalized spacial score (nSPS) is 11.9. The van der Waals surface area contributed by atoms with Crippen molar-refractivity contribution in [2.75, 3.05) is 10.6 Å². The Morgan fingerprint density at radius 1 is 1.04 bits per heavy atom. The fourth-order valence-corrected chi connectivity index (χ4v) is 4.52. The first-order chi connectivity index (χ1) is 13.7. The number of carbonyl (C=O) groups is 1. The first-order valence-corrected chi connectivity index (χ1v) is 10.4. The van der Waals surface area contributed by atoms with Gasteiger partial charge in [0.1, 0.15) is 0 Å². The van der Waals surface area contributed by atoms with Gasteiger partial charge in [0.25, 0.3) is 0 Å². The highest BCUT2D eigenvalue weighted by molar-refractivity contribution is 8.02. The van der Waals surface area contributed by atoms with E-state index in [1.54, 1.807) is 6.20 Å². The highest BCUT2D eigenvalue weighted by atomic mass is 32.2. The predicted octanol–water partition coefficient (Wildman–Crippen LogP) is 4.95. The van der Waals surface area contributed by atoms with Crippen LogP contribution in [0.1, 0.15) is 6.92 Å². The van der Waals surface area contributed by atoms with Crippen LogP contribution in [0.4, 0.5) is 16.5 Å². The first-order valence-electron chi connectivity index (χ1n) is 8.66. The van der Waals surface area contributed by atoms with Gasteiger partial charge < -0.3 is 10.6 Å². The molecule has 1 unspecified atom stereocenters. The minimum Gasteiger partial charge on any atom is -0.330 e. The maximum Gasteiger partial charge on any atom is 0.237 e. The topological polar surface area (TPSA) is 79.8 Å². The van der Waals surface area contributed by atoms with E-state index in [0.717, 1.165) is 26.6 Å². The van der Waals surface area contributed by atoms with E-state index in [4.69, 9.17) is 0 Å². The number of hydrogen-bond acceptors (Lipinski definition) is 7.